The van der Waals surface area contributed by atoms with Crippen LogP contribution >= 0.6 is 11.6 Å². The third-order valence-electron chi connectivity index (χ3n) is 2.90. The number of benzene rings is 2. The van der Waals surface area contributed by atoms with Gasteiger partial charge >= 0.3 is 5.97 Å². The molecular weight excluding hydrogens is 264 g/mol. The standard InChI is InChI=1S/C15H9ClO3/c16-12-4-1-9(2-5-12)10-3-6-13-11(7-10)8-14(19-13)15(17)18/h1-8H,(H,17,18). The lowest BCUT2D eigenvalue weighted by Gasteiger charge is -2.01. The first-order valence-corrected chi connectivity index (χ1v) is 6.04. The van der Waals surface area contributed by atoms with Gasteiger partial charge in [-0.25, -0.2) is 4.79 Å². The zero-order chi connectivity index (χ0) is 13.4. The first-order valence-electron chi connectivity index (χ1n) is 5.66. The second-order valence-corrected chi connectivity index (χ2v) is 4.61. The van der Waals surface area contributed by atoms with Gasteiger partial charge in [-0.3, -0.25) is 0 Å². The average Bonchev–Trinajstić information content (AvgIpc) is 2.82. The average molecular weight is 273 g/mol. The molecule has 4 heteroatoms. The molecule has 0 spiro atoms. The van der Waals surface area contributed by atoms with E-state index in [1.807, 2.05) is 36.4 Å². The van der Waals surface area contributed by atoms with Gasteiger partial charge in [-0.1, -0.05) is 29.8 Å². The van der Waals surface area contributed by atoms with Crippen LogP contribution in [0.4, 0.5) is 0 Å². The van der Waals surface area contributed by atoms with Crippen molar-refractivity contribution in [3.63, 3.8) is 0 Å². The van der Waals surface area contributed by atoms with Crippen LogP contribution in [0.25, 0.3) is 22.1 Å². The van der Waals surface area contributed by atoms with Crippen LogP contribution in [0.2, 0.25) is 5.02 Å². The Morgan fingerprint density at radius 1 is 1.00 bits per heavy atom. The van der Waals surface area contributed by atoms with E-state index in [-0.39, 0.29) is 5.76 Å². The second-order valence-electron chi connectivity index (χ2n) is 4.18. The SMILES string of the molecule is O=C(O)c1cc2cc(-c3ccc(Cl)cc3)ccc2o1. The van der Waals surface area contributed by atoms with Crippen molar-refractivity contribution in [1.82, 2.24) is 0 Å². The van der Waals surface area contributed by atoms with Gasteiger partial charge < -0.3 is 9.52 Å². The Morgan fingerprint density at radius 3 is 2.37 bits per heavy atom. The van der Waals surface area contributed by atoms with Gasteiger partial charge in [0.2, 0.25) is 5.76 Å². The molecule has 0 aliphatic carbocycles. The molecule has 0 atom stereocenters. The minimum Gasteiger partial charge on any atom is -0.475 e. The number of halogens is 1. The van der Waals surface area contributed by atoms with Gasteiger partial charge in [0.15, 0.2) is 0 Å². The lowest BCUT2D eigenvalue weighted by Crippen LogP contribution is -1.91. The van der Waals surface area contributed by atoms with E-state index in [0.29, 0.717) is 10.6 Å². The number of carboxylic acid groups (broad SMARTS) is 1. The summed E-state index contributed by atoms with van der Waals surface area (Å²) >= 11 is 5.85. The normalized spacial score (nSPS) is 10.8. The Kier molecular flexibility index (Phi) is 2.76. The van der Waals surface area contributed by atoms with E-state index in [9.17, 15) is 4.79 Å². The molecule has 3 rings (SSSR count). The van der Waals surface area contributed by atoms with Crippen molar-refractivity contribution in [3.05, 3.63) is 59.3 Å². The Hall–Kier alpha value is -2.26. The highest BCUT2D eigenvalue weighted by Crippen LogP contribution is 2.27. The van der Waals surface area contributed by atoms with Crippen LogP contribution in [0.15, 0.2) is 52.9 Å². The number of rotatable bonds is 2. The third-order valence-corrected chi connectivity index (χ3v) is 3.16. The van der Waals surface area contributed by atoms with Gasteiger partial charge in [-0.15, -0.1) is 0 Å². The molecule has 94 valence electrons. The fourth-order valence-corrected chi connectivity index (χ4v) is 2.10. The highest BCUT2D eigenvalue weighted by molar-refractivity contribution is 6.30. The van der Waals surface area contributed by atoms with Crippen LogP contribution in [-0.4, -0.2) is 11.1 Å². The fourth-order valence-electron chi connectivity index (χ4n) is 1.97. The van der Waals surface area contributed by atoms with E-state index in [1.54, 1.807) is 6.07 Å². The minimum absolute atomic E-state index is 0.0525. The lowest BCUT2D eigenvalue weighted by atomic mass is 10.0. The maximum Gasteiger partial charge on any atom is 0.371 e. The maximum atomic E-state index is 10.9. The molecular formula is C15H9ClO3. The second kappa shape index (κ2) is 4.44. The number of hydrogen-bond donors (Lipinski definition) is 1. The summed E-state index contributed by atoms with van der Waals surface area (Å²) in [6, 6.07) is 14.6. The Morgan fingerprint density at radius 2 is 1.68 bits per heavy atom. The summed E-state index contributed by atoms with van der Waals surface area (Å²) in [5, 5.41) is 10.3. The highest BCUT2D eigenvalue weighted by Gasteiger charge is 2.10. The molecule has 0 aliphatic rings. The monoisotopic (exact) mass is 272 g/mol. The maximum absolute atomic E-state index is 10.9. The number of fused-ring (bicyclic) bond motifs is 1. The topological polar surface area (TPSA) is 50.4 Å². The third kappa shape index (κ3) is 2.20. The lowest BCUT2D eigenvalue weighted by molar-refractivity contribution is 0.0665. The molecule has 3 nitrogen and oxygen atoms in total. The summed E-state index contributed by atoms with van der Waals surface area (Å²) in [5.41, 5.74) is 2.57. The number of hydrogen-bond acceptors (Lipinski definition) is 2. The van der Waals surface area contributed by atoms with Crippen LogP contribution in [-0.2, 0) is 0 Å². The molecule has 0 bridgehead atoms. The first kappa shape index (κ1) is 11.8. The smallest absolute Gasteiger partial charge is 0.371 e. The highest BCUT2D eigenvalue weighted by atomic mass is 35.5. The van der Waals surface area contributed by atoms with Crippen LogP contribution in [0, 0.1) is 0 Å². The molecule has 0 aliphatic heterocycles. The van der Waals surface area contributed by atoms with Crippen LogP contribution in [0.5, 0.6) is 0 Å². The van der Waals surface area contributed by atoms with E-state index >= 15 is 0 Å². The summed E-state index contributed by atoms with van der Waals surface area (Å²) in [5.74, 6) is -1.12. The summed E-state index contributed by atoms with van der Waals surface area (Å²) < 4.78 is 5.22. The van der Waals surface area contributed by atoms with Crippen molar-refractivity contribution < 1.29 is 14.3 Å². The molecule has 0 radical (unpaired) electrons. The zero-order valence-electron chi connectivity index (χ0n) is 9.76. The summed E-state index contributed by atoms with van der Waals surface area (Å²) in [6.07, 6.45) is 0. The Labute approximate surface area is 114 Å². The molecule has 0 amide bonds. The van der Waals surface area contributed by atoms with Crippen molar-refractivity contribution in [2.45, 2.75) is 0 Å². The molecule has 0 saturated carbocycles. The van der Waals surface area contributed by atoms with Gasteiger partial charge in [-0.05, 0) is 41.5 Å². The quantitative estimate of drug-likeness (QED) is 0.750. The van der Waals surface area contributed by atoms with Crippen LogP contribution in [0.3, 0.4) is 0 Å². The van der Waals surface area contributed by atoms with Gasteiger partial charge in [0.1, 0.15) is 5.58 Å². The minimum atomic E-state index is -1.07. The van der Waals surface area contributed by atoms with Gasteiger partial charge in [-0.2, -0.15) is 0 Å². The molecule has 1 N–H and O–H groups in total. The van der Waals surface area contributed by atoms with Gasteiger partial charge in [0.05, 0.1) is 0 Å². The van der Waals surface area contributed by atoms with Crippen molar-refractivity contribution in [2.75, 3.05) is 0 Å². The van der Waals surface area contributed by atoms with Gasteiger partial charge in [0, 0.05) is 10.4 Å². The first-order chi connectivity index (χ1) is 9.13. The molecule has 19 heavy (non-hydrogen) atoms. The zero-order valence-corrected chi connectivity index (χ0v) is 10.5. The van der Waals surface area contributed by atoms with Crippen molar-refractivity contribution >= 4 is 28.5 Å². The molecule has 2 aromatic carbocycles. The molecule has 1 heterocycles. The number of carbonyl (C=O) groups is 1. The molecule has 0 fully saturated rings. The van der Waals surface area contributed by atoms with E-state index in [0.717, 1.165) is 16.5 Å². The Bertz CT molecular complexity index is 757. The van der Waals surface area contributed by atoms with Crippen LogP contribution < -0.4 is 0 Å². The molecule has 0 saturated heterocycles. The van der Waals surface area contributed by atoms with Crippen LogP contribution in [0.1, 0.15) is 10.6 Å². The van der Waals surface area contributed by atoms with Crippen molar-refractivity contribution in [1.29, 1.82) is 0 Å². The number of aromatic carboxylic acids is 1. The number of carboxylic acids is 1. The molecule has 0 unspecified atom stereocenters. The summed E-state index contributed by atoms with van der Waals surface area (Å²) in [6.45, 7) is 0. The van der Waals surface area contributed by atoms with Crippen molar-refractivity contribution in [3.8, 4) is 11.1 Å². The fraction of sp³-hybridized carbons (Fsp3) is 0. The largest absolute Gasteiger partial charge is 0.475 e. The van der Waals surface area contributed by atoms with E-state index in [2.05, 4.69) is 0 Å². The van der Waals surface area contributed by atoms with E-state index in [1.165, 1.54) is 6.07 Å². The molecule has 1 aromatic heterocycles. The van der Waals surface area contributed by atoms with E-state index < -0.39 is 5.97 Å². The van der Waals surface area contributed by atoms with E-state index in [4.69, 9.17) is 21.1 Å². The predicted octanol–water partition coefficient (Wildman–Crippen LogP) is 4.45. The molecule has 3 aromatic rings. The van der Waals surface area contributed by atoms with Gasteiger partial charge in [0.25, 0.3) is 0 Å². The summed E-state index contributed by atoms with van der Waals surface area (Å²) in [7, 11) is 0. The van der Waals surface area contributed by atoms with Crippen molar-refractivity contribution in [2.24, 2.45) is 0 Å². The summed E-state index contributed by atoms with van der Waals surface area (Å²) in [4.78, 5) is 10.9. The number of furan rings is 1. The Balaban J connectivity index is 2.10. The predicted molar refractivity (Wildman–Crippen MR) is 73.6 cm³/mol.